The zero-order chi connectivity index (χ0) is 4.50. The Balaban J connectivity index is -0.00000000381. The van der Waals surface area contributed by atoms with Gasteiger partial charge in [0.15, 0.2) is 0 Å². The second kappa shape index (κ2) is 30.1. The Morgan fingerprint density at radius 1 is 0.750 bits per heavy atom. The van der Waals surface area contributed by atoms with E-state index in [0.29, 0.717) is 0 Å². The molecule has 0 spiro atoms. The third-order valence-corrected chi connectivity index (χ3v) is 0. The van der Waals surface area contributed by atoms with E-state index < -0.39 is 10.2 Å². The van der Waals surface area contributed by atoms with Crippen molar-refractivity contribution >= 4 is 0 Å². The molecule has 0 saturated carbocycles. The molecule has 12 heteroatoms. The van der Waals surface area contributed by atoms with Gasteiger partial charge < -0.3 is 36.2 Å². The Morgan fingerprint density at radius 2 is 0.750 bits per heavy atom. The van der Waals surface area contributed by atoms with E-state index in [0.717, 1.165) is 0 Å². The SMILES string of the molecule is O.[Cr+3].[NH2-].[NH2-].[NH2-].[NH2-].[NH2-].[O-][Cl+3]([O-])([O-])O. The van der Waals surface area contributed by atoms with Crippen molar-refractivity contribution in [1.82, 2.24) is 0 Å². The van der Waals surface area contributed by atoms with Gasteiger partial charge in [-0.05, 0) is 0 Å². The molecule has 0 aliphatic heterocycles. The molecule has 0 heterocycles. The van der Waals surface area contributed by atoms with Crippen LogP contribution in [0.3, 0.4) is 0 Å². The van der Waals surface area contributed by atoms with E-state index in [-0.39, 0.29) is 53.6 Å². The molecule has 10 nitrogen and oxygen atoms in total. The fourth-order valence-corrected chi connectivity index (χ4v) is 0. The quantitative estimate of drug-likeness (QED) is 0.543. The smallest absolute Gasteiger partial charge is 0.693 e. The largest absolute Gasteiger partial charge is 3.00 e. The van der Waals surface area contributed by atoms with E-state index in [4.69, 9.17) is 18.6 Å². The van der Waals surface area contributed by atoms with Gasteiger partial charge in [0, 0.05) is 0 Å². The molecule has 0 saturated heterocycles. The Hall–Kier alpha value is 0.422. The molecular weight excluding hydrogens is 237 g/mol. The van der Waals surface area contributed by atoms with Crippen LogP contribution in [0.1, 0.15) is 0 Å². The van der Waals surface area contributed by atoms with Crippen molar-refractivity contribution in [3.63, 3.8) is 0 Å². The van der Waals surface area contributed by atoms with Gasteiger partial charge in [-0.25, -0.2) is 0 Å². The first-order valence-corrected chi connectivity index (χ1v) is 1.90. The minimum absolute atomic E-state index is 0. The zero-order valence-corrected chi connectivity index (χ0v) is 7.88. The molecular formula is H13ClCrN5O5-2. The van der Waals surface area contributed by atoms with E-state index in [1.54, 1.807) is 0 Å². The van der Waals surface area contributed by atoms with Gasteiger partial charge in [-0.1, -0.05) is 0 Å². The van der Waals surface area contributed by atoms with Gasteiger partial charge in [-0.15, -0.1) is 0 Å². The first-order chi connectivity index (χ1) is 2.00. The fraction of sp³-hybridized carbons (Fsp3) is 0. The molecule has 0 bridgehead atoms. The van der Waals surface area contributed by atoms with E-state index in [1.807, 2.05) is 0 Å². The average Bonchev–Trinajstić information content (AvgIpc) is 0.722. The first kappa shape index (κ1) is 82.9. The summed E-state index contributed by atoms with van der Waals surface area (Å²) in [6, 6.07) is 0. The number of hydrogen-bond acceptors (Lipinski definition) is 4. The summed E-state index contributed by atoms with van der Waals surface area (Å²) in [5.41, 5.74) is 0. The molecule has 83 valence electrons. The Bertz CT molecular complexity index is 35.3. The number of rotatable bonds is 0. The van der Waals surface area contributed by atoms with E-state index in [1.165, 1.54) is 0 Å². The molecule has 0 aromatic heterocycles. The summed E-state index contributed by atoms with van der Waals surface area (Å²) < 4.78 is 32.7. The fourth-order valence-electron chi connectivity index (χ4n) is 0. The maximum atomic E-state index is 8.60. The standard InChI is InChI=1S/ClHO4.Cr.5H2N.H2O/c2-1(3,4)5;;;;;;;/h(H,2,3,4,5);;6*1H2/q;+3;5*-1;. The third kappa shape index (κ3) is 5180. The summed E-state index contributed by atoms with van der Waals surface area (Å²) in [7, 11) is -4.69. The summed E-state index contributed by atoms with van der Waals surface area (Å²) in [6.45, 7) is 0. The Labute approximate surface area is 83.0 Å². The van der Waals surface area contributed by atoms with Gasteiger partial charge in [-0.2, -0.15) is 14.0 Å². The van der Waals surface area contributed by atoms with Crippen LogP contribution < -0.4 is 14.0 Å². The maximum absolute atomic E-state index is 8.60. The monoisotopic (exact) mass is 250 g/mol. The van der Waals surface area contributed by atoms with Gasteiger partial charge in [0.1, 0.15) is 0 Å². The minimum atomic E-state index is -4.69. The van der Waals surface area contributed by atoms with Crippen LogP contribution in [0.15, 0.2) is 0 Å². The summed E-state index contributed by atoms with van der Waals surface area (Å²) in [4.78, 5) is 0. The van der Waals surface area contributed by atoms with Crippen molar-refractivity contribution in [2.24, 2.45) is 0 Å². The predicted octanol–water partition coefficient (Wildman–Crippen LogP) is -1.37. The maximum Gasteiger partial charge on any atom is 3.00 e. The molecule has 0 aliphatic carbocycles. The Morgan fingerprint density at radius 3 is 0.750 bits per heavy atom. The van der Waals surface area contributed by atoms with Crippen molar-refractivity contribution in [2.45, 2.75) is 0 Å². The summed E-state index contributed by atoms with van der Waals surface area (Å²) in [6.07, 6.45) is 0. The molecule has 1 radical (unpaired) electrons. The number of nitrogens with two attached hydrogens (primary N) is 5. The number of hydrogen-bond donors (Lipinski definition) is 1. The van der Waals surface area contributed by atoms with Crippen LogP contribution in [0, 0.1) is 10.2 Å². The van der Waals surface area contributed by atoms with Crippen molar-refractivity contribution in [3.05, 3.63) is 30.8 Å². The van der Waals surface area contributed by atoms with Crippen LogP contribution in [0.5, 0.6) is 0 Å². The molecule has 0 fully saturated rings. The van der Waals surface area contributed by atoms with Crippen LogP contribution in [0.4, 0.5) is 0 Å². The second-order valence-electron chi connectivity index (χ2n) is 0.396. The van der Waals surface area contributed by atoms with Gasteiger partial charge >= 0.3 is 17.4 Å². The Kier molecular flexibility index (Phi) is 208. The van der Waals surface area contributed by atoms with Gasteiger partial charge in [0.05, 0.1) is 14.9 Å². The average molecular weight is 251 g/mol. The van der Waals surface area contributed by atoms with Crippen LogP contribution >= 0.6 is 0 Å². The predicted molar refractivity (Wildman–Crippen MR) is 32.3 cm³/mol. The van der Waals surface area contributed by atoms with E-state index in [9.17, 15) is 0 Å². The topological polar surface area (TPSA) is 288 Å². The molecule has 0 unspecified atom stereocenters. The van der Waals surface area contributed by atoms with E-state index in [2.05, 4.69) is 0 Å². The van der Waals surface area contributed by atoms with Crippen molar-refractivity contribution in [1.29, 1.82) is 0 Å². The normalized spacial score (nSPS) is 5.00. The summed E-state index contributed by atoms with van der Waals surface area (Å²) in [5.74, 6) is 0. The molecule has 13 N–H and O–H groups in total. The van der Waals surface area contributed by atoms with Crippen molar-refractivity contribution in [2.75, 3.05) is 0 Å². The molecule has 12 heavy (non-hydrogen) atoms. The minimum Gasteiger partial charge on any atom is -0.693 e. The van der Waals surface area contributed by atoms with Crippen LogP contribution in [0.2, 0.25) is 0 Å². The second-order valence-corrected chi connectivity index (χ2v) is 1.19. The van der Waals surface area contributed by atoms with Crippen LogP contribution in [-0.4, -0.2) is 10.1 Å². The van der Waals surface area contributed by atoms with Crippen molar-refractivity contribution < 1.29 is 51.7 Å². The number of halogens is 1. The zero-order valence-electron chi connectivity index (χ0n) is 5.84. The van der Waals surface area contributed by atoms with Gasteiger partial charge in [-0.3, -0.25) is 0 Å². The summed E-state index contributed by atoms with van der Waals surface area (Å²) >= 11 is 0. The van der Waals surface area contributed by atoms with Crippen LogP contribution in [-0.2, 0) is 17.4 Å². The molecule has 0 aromatic carbocycles. The summed E-state index contributed by atoms with van der Waals surface area (Å²) in [5, 5.41) is 0. The molecule has 0 amide bonds. The van der Waals surface area contributed by atoms with Gasteiger partial charge in [0.2, 0.25) is 0 Å². The molecule has 0 atom stereocenters. The molecule has 0 rings (SSSR count). The van der Waals surface area contributed by atoms with E-state index >= 15 is 0 Å². The van der Waals surface area contributed by atoms with Crippen LogP contribution in [0.25, 0.3) is 30.8 Å². The first-order valence-electron chi connectivity index (χ1n) is 0.632. The van der Waals surface area contributed by atoms with Crippen molar-refractivity contribution in [3.8, 4) is 0 Å². The third-order valence-electron chi connectivity index (χ3n) is 0. The molecule has 0 aromatic rings. The molecule has 0 aliphatic rings. The van der Waals surface area contributed by atoms with Gasteiger partial charge in [0.25, 0.3) is 0 Å².